The highest BCUT2D eigenvalue weighted by Crippen LogP contribution is 2.26. The van der Waals surface area contributed by atoms with Crippen molar-refractivity contribution in [3.05, 3.63) is 0 Å². The van der Waals surface area contributed by atoms with Gasteiger partial charge in [0.2, 0.25) is 0 Å². The predicted molar refractivity (Wildman–Crippen MR) is 192 cm³/mol. The molecule has 0 aromatic carbocycles. The van der Waals surface area contributed by atoms with E-state index in [0.717, 1.165) is 83.5 Å². The van der Waals surface area contributed by atoms with E-state index in [0.29, 0.717) is 12.5 Å². The Bertz CT molecular complexity index is 620. The van der Waals surface area contributed by atoms with Crippen LogP contribution in [0.2, 0.25) is 0 Å². The Morgan fingerprint density at radius 3 is 1.42 bits per heavy atom. The van der Waals surface area contributed by atoms with E-state index >= 15 is 0 Å². The molecular weight excluding hydrogens is 560 g/mol. The number of hydrogen-bond acceptors (Lipinski definition) is 4. The summed E-state index contributed by atoms with van der Waals surface area (Å²) < 4.78 is 11.3. The number of aliphatic carboxylic acids is 1. The summed E-state index contributed by atoms with van der Waals surface area (Å²) in [6, 6.07) is 0. The van der Waals surface area contributed by atoms with Crippen LogP contribution in [0.5, 0.6) is 0 Å². The molecule has 0 aromatic heterocycles. The zero-order chi connectivity index (χ0) is 33.2. The summed E-state index contributed by atoms with van der Waals surface area (Å²) in [5, 5.41) is 9.65. The molecule has 0 rings (SSSR count). The maximum atomic E-state index is 12.5. The Morgan fingerprint density at radius 2 is 0.867 bits per heavy atom. The second-order valence-corrected chi connectivity index (χ2v) is 14.0. The van der Waals surface area contributed by atoms with E-state index in [2.05, 4.69) is 27.7 Å². The molecule has 0 saturated carbocycles. The molecule has 268 valence electrons. The normalized spacial score (nSPS) is 12.8. The Balaban J connectivity index is 4.28. The van der Waals surface area contributed by atoms with Crippen LogP contribution in [0.4, 0.5) is 4.79 Å². The molecular formula is C40H78O5. The molecule has 0 aromatic rings. The highest BCUT2D eigenvalue weighted by Gasteiger charge is 2.18. The highest BCUT2D eigenvalue weighted by atomic mass is 16.7. The van der Waals surface area contributed by atoms with Crippen molar-refractivity contribution in [2.75, 3.05) is 6.61 Å². The van der Waals surface area contributed by atoms with Crippen LogP contribution in [0, 0.1) is 11.8 Å². The minimum Gasteiger partial charge on any atom is -0.481 e. The van der Waals surface area contributed by atoms with Crippen LogP contribution in [0.1, 0.15) is 220 Å². The van der Waals surface area contributed by atoms with E-state index in [9.17, 15) is 14.7 Å². The zero-order valence-electron chi connectivity index (χ0n) is 30.7. The third-order valence-corrected chi connectivity index (χ3v) is 9.64. The predicted octanol–water partition coefficient (Wildman–Crippen LogP) is 13.6. The maximum absolute atomic E-state index is 12.5. The lowest BCUT2D eigenvalue weighted by Crippen LogP contribution is -2.19. The molecule has 5 nitrogen and oxygen atoms in total. The van der Waals surface area contributed by atoms with Crippen molar-refractivity contribution < 1.29 is 24.2 Å². The first-order chi connectivity index (χ1) is 22.0. The van der Waals surface area contributed by atoms with Gasteiger partial charge in [-0.25, -0.2) is 4.79 Å². The fourth-order valence-electron chi connectivity index (χ4n) is 6.57. The largest absolute Gasteiger partial charge is 0.508 e. The molecule has 0 aliphatic rings. The van der Waals surface area contributed by atoms with E-state index in [-0.39, 0.29) is 12.0 Å². The first-order valence-corrected chi connectivity index (χ1v) is 20.0. The Hall–Kier alpha value is -1.26. The number of ether oxygens (including phenoxy) is 2. The molecule has 2 unspecified atom stereocenters. The fraction of sp³-hybridized carbons (Fsp3) is 0.950. The van der Waals surface area contributed by atoms with Gasteiger partial charge in [-0.1, -0.05) is 175 Å². The van der Waals surface area contributed by atoms with Gasteiger partial charge in [0.25, 0.3) is 0 Å². The molecule has 0 aliphatic carbocycles. The maximum Gasteiger partial charge on any atom is 0.508 e. The molecule has 5 heteroatoms. The van der Waals surface area contributed by atoms with Gasteiger partial charge in [-0.05, 0) is 50.9 Å². The van der Waals surface area contributed by atoms with Crippen molar-refractivity contribution in [1.82, 2.24) is 0 Å². The quantitative estimate of drug-likeness (QED) is 0.0552. The van der Waals surface area contributed by atoms with Gasteiger partial charge >= 0.3 is 12.1 Å². The lowest BCUT2D eigenvalue weighted by atomic mass is 9.88. The summed E-state index contributed by atoms with van der Waals surface area (Å²) in [4.78, 5) is 24.2. The molecule has 0 amide bonds. The third kappa shape index (κ3) is 29.9. The molecule has 2 atom stereocenters. The van der Waals surface area contributed by atoms with Crippen LogP contribution in [0.25, 0.3) is 0 Å². The summed E-state index contributed by atoms with van der Waals surface area (Å²) in [5.41, 5.74) is 0. The van der Waals surface area contributed by atoms with E-state index < -0.39 is 12.1 Å². The molecule has 0 aliphatic heterocycles. The standard InChI is InChI=1S/C40H78O5/c1-5-9-13-16-18-24-33-38(34-25-19-17-14-10-6-2)45-40(43)44-35-26-21-20-22-29-36(28-12-8-4)30-27-32-37(39(41)42)31-23-15-11-7-3/h36-38H,5-35H2,1-4H3,(H,41,42). The van der Waals surface area contributed by atoms with Gasteiger partial charge in [-0.3, -0.25) is 4.79 Å². The molecule has 0 radical (unpaired) electrons. The van der Waals surface area contributed by atoms with Gasteiger partial charge in [-0.2, -0.15) is 0 Å². The van der Waals surface area contributed by atoms with Crippen LogP contribution in [0.15, 0.2) is 0 Å². The van der Waals surface area contributed by atoms with Crippen molar-refractivity contribution in [2.45, 2.75) is 226 Å². The number of rotatable bonds is 35. The summed E-state index contributed by atoms with van der Waals surface area (Å²) in [5.74, 6) is -0.0588. The van der Waals surface area contributed by atoms with Crippen LogP contribution in [-0.2, 0) is 14.3 Å². The van der Waals surface area contributed by atoms with Crippen molar-refractivity contribution in [3.8, 4) is 0 Å². The van der Waals surface area contributed by atoms with Crippen molar-refractivity contribution in [1.29, 1.82) is 0 Å². The monoisotopic (exact) mass is 639 g/mol. The summed E-state index contributed by atoms with van der Waals surface area (Å²) in [6.07, 6.45) is 34.3. The third-order valence-electron chi connectivity index (χ3n) is 9.64. The lowest BCUT2D eigenvalue weighted by molar-refractivity contribution is -0.142. The van der Waals surface area contributed by atoms with Gasteiger partial charge in [0.15, 0.2) is 0 Å². The molecule has 45 heavy (non-hydrogen) atoms. The summed E-state index contributed by atoms with van der Waals surface area (Å²) in [7, 11) is 0. The molecule has 0 heterocycles. The second kappa shape index (κ2) is 34.1. The van der Waals surface area contributed by atoms with Crippen LogP contribution >= 0.6 is 0 Å². The Morgan fingerprint density at radius 1 is 0.467 bits per heavy atom. The highest BCUT2D eigenvalue weighted by molar-refractivity contribution is 5.69. The number of hydrogen-bond donors (Lipinski definition) is 1. The lowest BCUT2D eigenvalue weighted by Gasteiger charge is -2.18. The van der Waals surface area contributed by atoms with Gasteiger partial charge in [-0.15, -0.1) is 0 Å². The fourth-order valence-corrected chi connectivity index (χ4v) is 6.57. The Kier molecular flexibility index (Phi) is 33.1. The van der Waals surface area contributed by atoms with Crippen molar-refractivity contribution >= 4 is 12.1 Å². The molecule has 0 fully saturated rings. The minimum absolute atomic E-state index is 0.00161. The van der Waals surface area contributed by atoms with Gasteiger partial charge < -0.3 is 14.6 Å². The van der Waals surface area contributed by atoms with Crippen molar-refractivity contribution in [2.24, 2.45) is 11.8 Å². The molecule has 0 saturated heterocycles. The zero-order valence-corrected chi connectivity index (χ0v) is 30.7. The van der Waals surface area contributed by atoms with Gasteiger partial charge in [0.1, 0.15) is 6.10 Å². The van der Waals surface area contributed by atoms with Crippen LogP contribution in [0.3, 0.4) is 0 Å². The first kappa shape index (κ1) is 43.7. The smallest absolute Gasteiger partial charge is 0.481 e. The average molecular weight is 639 g/mol. The van der Waals surface area contributed by atoms with Crippen molar-refractivity contribution in [3.63, 3.8) is 0 Å². The number of unbranched alkanes of at least 4 members (excludes halogenated alkanes) is 17. The number of carboxylic acids is 1. The number of carboxylic acid groups (broad SMARTS) is 1. The minimum atomic E-state index is -0.603. The Labute approximate surface area is 280 Å². The van der Waals surface area contributed by atoms with E-state index in [1.807, 2.05) is 0 Å². The molecule has 0 spiro atoms. The van der Waals surface area contributed by atoms with Gasteiger partial charge in [0, 0.05) is 0 Å². The summed E-state index contributed by atoms with van der Waals surface area (Å²) in [6.45, 7) is 9.40. The average Bonchev–Trinajstić information content (AvgIpc) is 3.02. The van der Waals surface area contributed by atoms with E-state index in [4.69, 9.17) is 9.47 Å². The molecule has 0 bridgehead atoms. The van der Waals surface area contributed by atoms with E-state index in [1.54, 1.807) is 0 Å². The van der Waals surface area contributed by atoms with E-state index in [1.165, 1.54) is 109 Å². The number of carbonyl (C=O) groups excluding carboxylic acids is 1. The van der Waals surface area contributed by atoms with Gasteiger partial charge in [0.05, 0.1) is 12.5 Å². The second-order valence-electron chi connectivity index (χ2n) is 14.0. The molecule has 1 N–H and O–H groups in total. The topological polar surface area (TPSA) is 72.8 Å². The van der Waals surface area contributed by atoms with Crippen LogP contribution < -0.4 is 0 Å². The SMILES string of the molecule is CCCCCCCCC(CCCCCCCC)OC(=O)OCCCCCCC(CCCC)CCCC(CCCCCC)C(=O)O. The van der Waals surface area contributed by atoms with Crippen LogP contribution in [-0.4, -0.2) is 29.9 Å². The first-order valence-electron chi connectivity index (χ1n) is 20.0. The summed E-state index contributed by atoms with van der Waals surface area (Å²) >= 11 is 0. The number of carbonyl (C=O) groups is 2.